The van der Waals surface area contributed by atoms with Crippen LogP contribution in [0.4, 0.5) is 0 Å². The molecule has 0 spiro atoms. The Morgan fingerprint density at radius 1 is 1.20 bits per heavy atom. The van der Waals surface area contributed by atoms with E-state index in [1.165, 1.54) is 0 Å². The van der Waals surface area contributed by atoms with Gasteiger partial charge in [-0.25, -0.2) is 5.48 Å². The highest BCUT2D eigenvalue weighted by Crippen LogP contribution is 2.32. The van der Waals surface area contributed by atoms with Crippen LogP contribution in [0.2, 0.25) is 0 Å². The van der Waals surface area contributed by atoms with E-state index in [9.17, 15) is 4.79 Å². The number of aliphatic hydroxyl groups excluding tert-OH is 1. The van der Waals surface area contributed by atoms with E-state index in [0.29, 0.717) is 6.61 Å². The Kier molecular flexibility index (Phi) is 9.55. The molecule has 1 rings (SSSR count). The summed E-state index contributed by atoms with van der Waals surface area (Å²) in [4.78, 5) is 10.9. The van der Waals surface area contributed by atoms with E-state index < -0.39 is 12.1 Å². The van der Waals surface area contributed by atoms with Gasteiger partial charge in [0.15, 0.2) is 0 Å². The van der Waals surface area contributed by atoms with Gasteiger partial charge in [0.2, 0.25) is 5.91 Å². The maximum atomic E-state index is 10.9. The maximum Gasteiger partial charge on any atom is 0.245 e. The van der Waals surface area contributed by atoms with Crippen LogP contribution in [0, 0.1) is 0 Å². The Morgan fingerprint density at radius 3 is 2.35 bits per heavy atom. The number of ether oxygens (including phenoxy) is 2. The van der Waals surface area contributed by atoms with Crippen LogP contribution in [-0.4, -0.2) is 64.6 Å². The first-order valence-electron chi connectivity index (χ1n) is 6.15. The summed E-state index contributed by atoms with van der Waals surface area (Å²) in [7, 11) is 3.36. The van der Waals surface area contributed by atoms with E-state index in [1.54, 1.807) is 32.5 Å². The van der Waals surface area contributed by atoms with Gasteiger partial charge in [0.25, 0.3) is 0 Å². The van der Waals surface area contributed by atoms with Gasteiger partial charge in [0.1, 0.15) is 6.23 Å². The van der Waals surface area contributed by atoms with Crippen LogP contribution in [-0.2, 0) is 14.3 Å². The molecular weight excluding hydrogens is 308 g/mol. The lowest BCUT2D eigenvalue weighted by molar-refractivity contribution is -0.131. The molecule has 3 atom stereocenters. The number of amides is 1. The number of hydroxylamine groups is 2. The summed E-state index contributed by atoms with van der Waals surface area (Å²) < 4.78 is 11.2. The smallest absolute Gasteiger partial charge is 0.245 e. The van der Waals surface area contributed by atoms with Crippen LogP contribution < -0.4 is 11.0 Å². The van der Waals surface area contributed by atoms with Gasteiger partial charge in [0, 0.05) is 17.9 Å². The highest BCUT2D eigenvalue weighted by molar-refractivity contribution is 8.76. The van der Waals surface area contributed by atoms with Crippen molar-refractivity contribution in [3.05, 3.63) is 0 Å². The van der Waals surface area contributed by atoms with E-state index in [2.05, 4.69) is 0 Å². The van der Waals surface area contributed by atoms with Crippen LogP contribution in [0.1, 0.15) is 12.8 Å². The third kappa shape index (κ3) is 7.09. The maximum absolute atomic E-state index is 10.9. The molecule has 0 radical (unpaired) electrons. The molecule has 1 fully saturated rings. The summed E-state index contributed by atoms with van der Waals surface area (Å²) >= 11 is 0. The average Bonchev–Trinajstić information content (AvgIpc) is 2.48. The molecule has 0 aromatic rings. The van der Waals surface area contributed by atoms with E-state index in [4.69, 9.17) is 25.0 Å². The molecule has 20 heavy (non-hydrogen) atoms. The molecule has 3 unspecified atom stereocenters. The number of carbonyl (C=O) groups is 1. The first-order chi connectivity index (χ1) is 9.67. The average molecular weight is 328 g/mol. The molecule has 1 amide bonds. The zero-order valence-electron chi connectivity index (χ0n) is 10.9. The first kappa shape index (κ1) is 18.0. The standard InChI is InChI=1S/C10H20N2O6S2/c13-9(11-15)1-3-17-7-5-19-20-6-8(7)18-4-2-10(14)12-16/h7-9,11,13,15-16H,1-6H2,(H,12,14). The van der Waals surface area contributed by atoms with E-state index >= 15 is 0 Å². The number of carbonyl (C=O) groups excluding carboxylic acids is 1. The molecule has 1 aliphatic heterocycles. The number of hydrogen-bond acceptors (Lipinski definition) is 9. The second-order valence-corrected chi connectivity index (χ2v) is 6.66. The SMILES string of the molecule is O=C(CCOC1CSSCC1OCCC(O)NO)NO. The summed E-state index contributed by atoms with van der Waals surface area (Å²) in [5.74, 6) is 1.01. The largest absolute Gasteiger partial charge is 0.376 e. The predicted octanol–water partition coefficient (Wildman–Crippen LogP) is -0.265. The Labute approximate surface area is 124 Å². The van der Waals surface area contributed by atoms with Crippen molar-refractivity contribution in [1.29, 1.82) is 0 Å². The minimum Gasteiger partial charge on any atom is -0.376 e. The molecule has 10 heteroatoms. The minimum absolute atomic E-state index is 0.0880. The lowest BCUT2D eigenvalue weighted by atomic mass is 10.2. The predicted molar refractivity (Wildman–Crippen MR) is 74.5 cm³/mol. The molecule has 1 saturated heterocycles. The summed E-state index contributed by atoms with van der Waals surface area (Å²) in [5, 5.41) is 26.0. The van der Waals surface area contributed by atoms with Crippen molar-refractivity contribution >= 4 is 27.5 Å². The van der Waals surface area contributed by atoms with Gasteiger partial charge in [-0.3, -0.25) is 10.0 Å². The van der Waals surface area contributed by atoms with Gasteiger partial charge in [-0.15, -0.1) is 0 Å². The second kappa shape index (κ2) is 10.6. The lowest BCUT2D eigenvalue weighted by Gasteiger charge is -2.30. The van der Waals surface area contributed by atoms with Crippen molar-refractivity contribution in [2.45, 2.75) is 31.3 Å². The summed E-state index contributed by atoms with van der Waals surface area (Å²) in [5.41, 5.74) is 3.28. The third-order valence-electron chi connectivity index (χ3n) is 2.62. The monoisotopic (exact) mass is 328 g/mol. The topological polar surface area (TPSA) is 120 Å². The number of hydrogen-bond donors (Lipinski definition) is 5. The molecule has 5 N–H and O–H groups in total. The highest BCUT2D eigenvalue weighted by atomic mass is 33.1. The fourth-order valence-electron chi connectivity index (χ4n) is 1.51. The molecule has 1 aliphatic rings. The summed E-state index contributed by atoms with van der Waals surface area (Å²) in [6, 6.07) is 0. The van der Waals surface area contributed by atoms with Crippen LogP contribution in [0.15, 0.2) is 0 Å². The molecule has 8 nitrogen and oxygen atoms in total. The van der Waals surface area contributed by atoms with Crippen molar-refractivity contribution in [2.75, 3.05) is 24.7 Å². The van der Waals surface area contributed by atoms with Crippen molar-refractivity contribution in [2.24, 2.45) is 0 Å². The molecule has 118 valence electrons. The Morgan fingerprint density at radius 2 is 1.80 bits per heavy atom. The van der Waals surface area contributed by atoms with Gasteiger partial charge in [0.05, 0.1) is 31.8 Å². The van der Waals surface area contributed by atoms with Gasteiger partial charge >= 0.3 is 0 Å². The fourth-order valence-corrected chi connectivity index (χ4v) is 3.97. The first-order valence-corrected chi connectivity index (χ1v) is 8.64. The van der Waals surface area contributed by atoms with Gasteiger partial charge < -0.3 is 19.8 Å². The Bertz CT molecular complexity index is 286. The van der Waals surface area contributed by atoms with Crippen molar-refractivity contribution in [1.82, 2.24) is 11.0 Å². The normalized spacial score (nSPS) is 24.4. The third-order valence-corrected chi connectivity index (χ3v) is 5.03. The lowest BCUT2D eigenvalue weighted by Crippen LogP contribution is -2.39. The second-order valence-electron chi connectivity index (χ2n) is 4.11. The van der Waals surface area contributed by atoms with Gasteiger partial charge in [-0.05, 0) is 0 Å². The summed E-state index contributed by atoms with van der Waals surface area (Å²) in [6.07, 6.45) is -0.903. The number of aliphatic hydroxyl groups is 1. The molecule has 1 heterocycles. The molecule has 0 aromatic carbocycles. The molecule has 0 bridgehead atoms. The quantitative estimate of drug-likeness (QED) is 0.169. The Balaban J connectivity index is 2.25. The van der Waals surface area contributed by atoms with Crippen molar-refractivity contribution in [3.8, 4) is 0 Å². The molecule has 0 aliphatic carbocycles. The van der Waals surface area contributed by atoms with E-state index in [0.717, 1.165) is 11.5 Å². The molecule has 0 aromatic heterocycles. The van der Waals surface area contributed by atoms with E-state index in [-0.39, 0.29) is 31.7 Å². The molecular formula is C10H20N2O6S2. The van der Waals surface area contributed by atoms with Crippen LogP contribution in [0.25, 0.3) is 0 Å². The van der Waals surface area contributed by atoms with Crippen LogP contribution in [0.3, 0.4) is 0 Å². The minimum atomic E-state index is -1.01. The van der Waals surface area contributed by atoms with Crippen LogP contribution >= 0.6 is 21.6 Å². The highest BCUT2D eigenvalue weighted by Gasteiger charge is 2.27. The Hall–Kier alpha value is -0.0700. The van der Waals surface area contributed by atoms with E-state index in [1.807, 2.05) is 0 Å². The zero-order chi connectivity index (χ0) is 14.8. The van der Waals surface area contributed by atoms with Gasteiger partial charge in [-0.2, -0.15) is 5.48 Å². The molecule has 0 saturated carbocycles. The van der Waals surface area contributed by atoms with Crippen LogP contribution in [0.5, 0.6) is 0 Å². The fraction of sp³-hybridized carbons (Fsp3) is 0.900. The number of rotatable bonds is 9. The van der Waals surface area contributed by atoms with Crippen molar-refractivity contribution < 1.29 is 29.8 Å². The van der Waals surface area contributed by atoms with Crippen molar-refractivity contribution in [3.63, 3.8) is 0 Å². The van der Waals surface area contributed by atoms with Gasteiger partial charge in [-0.1, -0.05) is 21.6 Å². The number of nitrogens with one attached hydrogen (secondary N) is 2. The summed E-state index contributed by atoms with van der Waals surface area (Å²) in [6.45, 7) is 0.505. The zero-order valence-corrected chi connectivity index (χ0v) is 12.5.